The summed E-state index contributed by atoms with van der Waals surface area (Å²) in [7, 11) is 0. The Morgan fingerprint density at radius 3 is 1.94 bits per heavy atom. The quantitative estimate of drug-likeness (QED) is 0.0938. The van der Waals surface area contributed by atoms with Crippen LogP contribution >= 0.6 is 23.1 Å². The van der Waals surface area contributed by atoms with Gasteiger partial charge in [-0.1, -0.05) is 103 Å². The largest absolute Gasteiger partial charge is 0.321 e. The van der Waals surface area contributed by atoms with Crippen molar-refractivity contribution in [2.75, 3.05) is 16.4 Å². The van der Waals surface area contributed by atoms with Crippen LogP contribution in [0.25, 0.3) is 28.5 Å². The van der Waals surface area contributed by atoms with E-state index in [1.54, 1.807) is 42.5 Å². The summed E-state index contributed by atoms with van der Waals surface area (Å²) >= 11 is 2.83. The average Bonchev–Trinajstić information content (AvgIpc) is 3.51. The predicted molar refractivity (Wildman–Crippen MR) is 200 cm³/mol. The molecule has 0 spiro atoms. The number of amides is 3. The van der Waals surface area contributed by atoms with Crippen LogP contribution in [-0.4, -0.2) is 28.5 Å². The topological polar surface area (TPSA) is 100 Å². The minimum absolute atomic E-state index is 0.101. The van der Waals surface area contributed by atoms with Crippen molar-refractivity contribution in [3.63, 3.8) is 0 Å². The summed E-state index contributed by atoms with van der Waals surface area (Å²) in [4.78, 5) is 45.8. The van der Waals surface area contributed by atoms with Crippen molar-refractivity contribution in [2.24, 2.45) is 0 Å². The van der Waals surface area contributed by atoms with Gasteiger partial charge in [-0.05, 0) is 66.1 Å². The molecule has 6 rings (SSSR count). The van der Waals surface area contributed by atoms with Crippen LogP contribution in [0.4, 0.5) is 10.8 Å². The van der Waals surface area contributed by atoms with Crippen molar-refractivity contribution in [3.8, 4) is 22.4 Å². The first kappa shape index (κ1) is 33.1. The third kappa shape index (κ3) is 8.98. The fraction of sp³-hybridized carbons (Fsp3) is 0.0500. The average molecular weight is 681 g/mol. The van der Waals surface area contributed by atoms with Gasteiger partial charge in [0.1, 0.15) is 5.70 Å². The zero-order valence-electron chi connectivity index (χ0n) is 26.6. The molecular weight excluding hydrogens is 649 g/mol. The second-order valence-corrected chi connectivity index (χ2v) is 13.2. The molecule has 5 aromatic carbocycles. The van der Waals surface area contributed by atoms with E-state index in [1.165, 1.54) is 23.1 Å². The van der Waals surface area contributed by atoms with Gasteiger partial charge in [0.25, 0.3) is 11.8 Å². The van der Waals surface area contributed by atoms with E-state index >= 15 is 0 Å². The highest BCUT2D eigenvalue weighted by atomic mass is 32.2. The second kappa shape index (κ2) is 15.9. The van der Waals surface area contributed by atoms with Crippen LogP contribution in [-0.2, 0) is 9.59 Å². The van der Waals surface area contributed by atoms with Crippen LogP contribution in [0.3, 0.4) is 0 Å². The lowest BCUT2D eigenvalue weighted by Gasteiger charge is -2.12. The molecule has 0 aliphatic carbocycles. The van der Waals surface area contributed by atoms with Gasteiger partial charge < -0.3 is 16.0 Å². The van der Waals surface area contributed by atoms with Crippen molar-refractivity contribution in [2.45, 2.75) is 11.8 Å². The predicted octanol–water partition coefficient (Wildman–Crippen LogP) is 8.93. The summed E-state index contributed by atoms with van der Waals surface area (Å²) < 4.78 is 0. The van der Waals surface area contributed by atoms with E-state index in [2.05, 4.69) is 20.9 Å². The first-order valence-electron chi connectivity index (χ1n) is 15.5. The fourth-order valence-corrected chi connectivity index (χ4v) is 6.51. The fourth-order valence-electron chi connectivity index (χ4n) is 4.96. The normalized spacial score (nSPS) is 11.1. The number of benzene rings is 5. The van der Waals surface area contributed by atoms with Crippen molar-refractivity contribution < 1.29 is 14.4 Å². The van der Waals surface area contributed by atoms with E-state index in [4.69, 9.17) is 0 Å². The number of rotatable bonds is 11. The monoisotopic (exact) mass is 680 g/mol. The van der Waals surface area contributed by atoms with Gasteiger partial charge in [-0.2, -0.15) is 0 Å². The van der Waals surface area contributed by atoms with E-state index in [0.717, 1.165) is 37.7 Å². The Hall–Kier alpha value is -5.77. The third-order valence-corrected chi connectivity index (χ3v) is 9.33. The third-order valence-electron chi connectivity index (χ3n) is 7.43. The van der Waals surface area contributed by atoms with Crippen molar-refractivity contribution in [3.05, 3.63) is 161 Å². The number of hydrogen-bond donors (Lipinski definition) is 3. The standard InChI is InChI=1S/C40H32N4O3S2/c1-27-37(31-13-7-3-8-14-31)44-40(49-27)43-36(45)26-48-34-23-21-33(22-24-34)41-39(47)35(42-38(46)32-15-9-4-10-16-32)25-28-17-19-30(20-18-28)29-11-5-2-6-12-29/h2-25H,26H2,1H3,(H,41,47)(H,42,46)(H,43,44,45)/b35-25-. The van der Waals surface area contributed by atoms with Crippen LogP contribution in [0.15, 0.2) is 150 Å². The van der Waals surface area contributed by atoms with E-state index in [9.17, 15) is 14.4 Å². The lowest BCUT2D eigenvalue weighted by molar-refractivity contribution is -0.114. The van der Waals surface area contributed by atoms with Gasteiger partial charge in [-0.3, -0.25) is 14.4 Å². The van der Waals surface area contributed by atoms with Crippen LogP contribution in [0, 0.1) is 6.92 Å². The van der Waals surface area contributed by atoms with Gasteiger partial charge in [0.15, 0.2) is 5.13 Å². The van der Waals surface area contributed by atoms with Gasteiger partial charge in [-0.15, -0.1) is 23.1 Å². The first-order valence-corrected chi connectivity index (χ1v) is 17.3. The van der Waals surface area contributed by atoms with Gasteiger partial charge in [0.2, 0.25) is 5.91 Å². The molecule has 0 radical (unpaired) electrons. The van der Waals surface area contributed by atoms with Crippen LogP contribution in [0.5, 0.6) is 0 Å². The Bertz CT molecular complexity index is 2080. The molecule has 7 nitrogen and oxygen atoms in total. The number of carbonyl (C=O) groups excluding carboxylic acids is 3. The molecule has 0 fully saturated rings. The molecule has 3 N–H and O–H groups in total. The molecule has 0 saturated carbocycles. The maximum absolute atomic E-state index is 13.5. The SMILES string of the molecule is Cc1sc(NC(=O)CSc2ccc(NC(=O)/C(=C/c3ccc(-c4ccccc4)cc3)NC(=O)c3ccccc3)cc2)nc1-c1ccccc1. The van der Waals surface area contributed by atoms with Gasteiger partial charge in [0, 0.05) is 26.6 Å². The lowest BCUT2D eigenvalue weighted by atomic mass is 10.0. The molecule has 0 bridgehead atoms. The summed E-state index contributed by atoms with van der Waals surface area (Å²) in [6.45, 7) is 1.99. The van der Waals surface area contributed by atoms with Crippen molar-refractivity contribution in [1.82, 2.24) is 10.3 Å². The molecule has 0 unspecified atom stereocenters. The molecule has 0 saturated heterocycles. The number of nitrogens with one attached hydrogen (secondary N) is 3. The molecule has 3 amide bonds. The number of hydrogen-bond acceptors (Lipinski definition) is 6. The number of carbonyl (C=O) groups is 3. The number of aryl methyl sites for hydroxylation is 1. The van der Waals surface area contributed by atoms with Crippen molar-refractivity contribution >= 4 is 57.7 Å². The van der Waals surface area contributed by atoms with E-state index in [1.807, 2.05) is 110 Å². The van der Waals surface area contributed by atoms with E-state index in [0.29, 0.717) is 16.4 Å². The molecule has 0 aliphatic rings. The smallest absolute Gasteiger partial charge is 0.272 e. The summed E-state index contributed by atoms with van der Waals surface area (Å²) in [5.41, 5.74) is 5.85. The van der Waals surface area contributed by atoms with E-state index < -0.39 is 11.8 Å². The Morgan fingerprint density at radius 1 is 0.694 bits per heavy atom. The molecular formula is C40H32N4O3S2. The zero-order chi connectivity index (χ0) is 34.0. The molecule has 0 aliphatic heterocycles. The Labute approximate surface area is 293 Å². The Morgan fingerprint density at radius 2 is 1.29 bits per heavy atom. The molecule has 1 heterocycles. The molecule has 242 valence electrons. The highest BCUT2D eigenvalue weighted by Gasteiger charge is 2.16. The van der Waals surface area contributed by atoms with Gasteiger partial charge in [-0.25, -0.2) is 4.98 Å². The maximum Gasteiger partial charge on any atom is 0.272 e. The number of aromatic nitrogens is 1. The van der Waals surface area contributed by atoms with Crippen LogP contribution < -0.4 is 16.0 Å². The van der Waals surface area contributed by atoms with Crippen LogP contribution in [0.2, 0.25) is 0 Å². The molecule has 1 aromatic heterocycles. The molecule has 6 aromatic rings. The summed E-state index contributed by atoms with van der Waals surface area (Å²) in [6.07, 6.45) is 1.65. The Kier molecular flexibility index (Phi) is 10.7. The Balaban J connectivity index is 1.09. The summed E-state index contributed by atoms with van der Waals surface area (Å²) in [5, 5.41) is 9.14. The zero-order valence-corrected chi connectivity index (χ0v) is 28.2. The molecule has 49 heavy (non-hydrogen) atoms. The van der Waals surface area contributed by atoms with Gasteiger partial charge >= 0.3 is 0 Å². The highest BCUT2D eigenvalue weighted by Crippen LogP contribution is 2.30. The first-order chi connectivity index (χ1) is 23.9. The highest BCUT2D eigenvalue weighted by molar-refractivity contribution is 8.00. The summed E-state index contributed by atoms with van der Waals surface area (Å²) in [6, 6.07) is 43.6. The molecule has 0 atom stereocenters. The number of nitrogens with zero attached hydrogens (tertiary/aromatic N) is 1. The minimum atomic E-state index is -0.468. The molecule has 9 heteroatoms. The number of thioether (sulfide) groups is 1. The van der Waals surface area contributed by atoms with Crippen LogP contribution in [0.1, 0.15) is 20.8 Å². The minimum Gasteiger partial charge on any atom is -0.321 e. The van der Waals surface area contributed by atoms with Crippen molar-refractivity contribution in [1.29, 1.82) is 0 Å². The summed E-state index contributed by atoms with van der Waals surface area (Å²) in [5.74, 6) is -0.814. The van der Waals surface area contributed by atoms with Gasteiger partial charge in [0.05, 0.1) is 11.4 Å². The van der Waals surface area contributed by atoms with E-state index in [-0.39, 0.29) is 17.4 Å². The maximum atomic E-state index is 13.5. The second-order valence-electron chi connectivity index (χ2n) is 11.0. The lowest BCUT2D eigenvalue weighted by Crippen LogP contribution is -2.30. The number of thiazole rings is 1. The number of anilines is 2.